The van der Waals surface area contributed by atoms with E-state index in [1.165, 1.54) is 5.56 Å². The van der Waals surface area contributed by atoms with E-state index in [0.29, 0.717) is 5.56 Å². The average Bonchev–Trinajstić information content (AvgIpc) is 2.40. The van der Waals surface area contributed by atoms with Gasteiger partial charge in [-0.15, -0.1) is 24.0 Å². The van der Waals surface area contributed by atoms with Gasteiger partial charge in [-0.05, 0) is 23.3 Å². The molecule has 0 aliphatic heterocycles. The van der Waals surface area contributed by atoms with Crippen LogP contribution in [0.4, 0.5) is 0 Å². The van der Waals surface area contributed by atoms with Gasteiger partial charge >= 0.3 is 0 Å². The summed E-state index contributed by atoms with van der Waals surface area (Å²) in [5, 5.41) is 3.33. The maximum atomic E-state index is 11.1. The van der Waals surface area contributed by atoms with Crippen LogP contribution in [-0.2, 0) is 13.1 Å². The van der Waals surface area contributed by atoms with Crippen molar-refractivity contribution in [1.29, 1.82) is 0 Å². The molecule has 19 heavy (non-hydrogen) atoms. The van der Waals surface area contributed by atoms with Crippen molar-refractivity contribution >= 4 is 29.9 Å². The molecule has 1 amide bonds. The summed E-state index contributed by atoms with van der Waals surface area (Å²) >= 11 is 0. The Morgan fingerprint density at radius 3 is 2.26 bits per heavy atom. The predicted octanol–water partition coefficient (Wildman–Crippen LogP) is 2.69. The molecule has 2 rings (SSSR count). The highest BCUT2D eigenvalue weighted by atomic mass is 127. The standard InChI is InChI=1S/C15H16N2O.HI/c16-15(18)14-8-4-7-13(9-14)11-17-10-12-5-2-1-3-6-12;/h1-9,17H,10-11H2,(H2,16,18);1H. The minimum absolute atomic E-state index is 0. The lowest BCUT2D eigenvalue weighted by Crippen LogP contribution is -2.14. The first-order valence-electron chi connectivity index (χ1n) is 5.89. The molecule has 4 heteroatoms. The molecule has 0 aliphatic carbocycles. The fourth-order valence-corrected chi connectivity index (χ4v) is 1.78. The Kier molecular flexibility index (Phi) is 6.52. The number of carbonyl (C=O) groups is 1. The Labute approximate surface area is 130 Å². The van der Waals surface area contributed by atoms with Crippen LogP contribution in [-0.4, -0.2) is 5.91 Å². The number of amides is 1. The zero-order valence-electron chi connectivity index (χ0n) is 10.5. The summed E-state index contributed by atoms with van der Waals surface area (Å²) < 4.78 is 0. The van der Waals surface area contributed by atoms with E-state index in [9.17, 15) is 4.79 Å². The number of primary amides is 1. The summed E-state index contributed by atoms with van der Waals surface area (Å²) in [6.07, 6.45) is 0. The van der Waals surface area contributed by atoms with Gasteiger partial charge in [-0.3, -0.25) is 4.79 Å². The lowest BCUT2D eigenvalue weighted by Gasteiger charge is -2.06. The van der Waals surface area contributed by atoms with Crippen LogP contribution < -0.4 is 11.1 Å². The molecule has 2 aromatic rings. The number of hydrogen-bond acceptors (Lipinski definition) is 2. The molecule has 0 saturated heterocycles. The largest absolute Gasteiger partial charge is 0.366 e. The molecule has 0 saturated carbocycles. The fraction of sp³-hybridized carbons (Fsp3) is 0.133. The van der Waals surface area contributed by atoms with Crippen LogP contribution in [0.25, 0.3) is 0 Å². The van der Waals surface area contributed by atoms with E-state index in [4.69, 9.17) is 5.73 Å². The Hall–Kier alpha value is -1.40. The first kappa shape index (κ1) is 15.7. The normalized spacial score (nSPS) is 9.68. The molecular weight excluding hydrogens is 351 g/mol. The Balaban J connectivity index is 0.00000180. The highest BCUT2D eigenvalue weighted by molar-refractivity contribution is 14.0. The van der Waals surface area contributed by atoms with E-state index in [0.717, 1.165) is 18.7 Å². The van der Waals surface area contributed by atoms with Crippen molar-refractivity contribution in [3.63, 3.8) is 0 Å². The SMILES string of the molecule is I.NC(=O)c1cccc(CNCc2ccccc2)c1. The maximum Gasteiger partial charge on any atom is 0.248 e. The van der Waals surface area contributed by atoms with Gasteiger partial charge < -0.3 is 11.1 Å². The topological polar surface area (TPSA) is 55.1 Å². The number of benzene rings is 2. The summed E-state index contributed by atoms with van der Waals surface area (Å²) in [7, 11) is 0. The molecule has 100 valence electrons. The third kappa shape index (κ3) is 5.00. The lowest BCUT2D eigenvalue weighted by molar-refractivity contribution is 0.1000. The molecular formula is C15H17IN2O. The predicted molar refractivity (Wildman–Crippen MR) is 87.4 cm³/mol. The van der Waals surface area contributed by atoms with Crippen molar-refractivity contribution < 1.29 is 4.79 Å². The third-order valence-electron chi connectivity index (χ3n) is 2.71. The minimum atomic E-state index is -0.389. The highest BCUT2D eigenvalue weighted by Crippen LogP contribution is 2.05. The minimum Gasteiger partial charge on any atom is -0.366 e. The van der Waals surface area contributed by atoms with Crippen LogP contribution in [0.1, 0.15) is 21.5 Å². The second-order valence-corrected chi connectivity index (χ2v) is 4.15. The van der Waals surface area contributed by atoms with Crippen LogP contribution in [0, 0.1) is 0 Å². The van der Waals surface area contributed by atoms with Gasteiger partial charge in [0.05, 0.1) is 0 Å². The Morgan fingerprint density at radius 1 is 0.947 bits per heavy atom. The van der Waals surface area contributed by atoms with E-state index in [2.05, 4.69) is 17.4 Å². The van der Waals surface area contributed by atoms with E-state index in [1.807, 2.05) is 36.4 Å². The highest BCUT2D eigenvalue weighted by Gasteiger charge is 2.00. The summed E-state index contributed by atoms with van der Waals surface area (Å²) in [4.78, 5) is 11.1. The van der Waals surface area contributed by atoms with Crippen LogP contribution in [0.3, 0.4) is 0 Å². The summed E-state index contributed by atoms with van der Waals surface area (Å²) in [5.41, 5.74) is 8.09. The number of halogens is 1. The zero-order valence-corrected chi connectivity index (χ0v) is 12.8. The van der Waals surface area contributed by atoms with Gasteiger partial charge in [0.25, 0.3) is 0 Å². The molecule has 0 unspecified atom stereocenters. The number of carbonyl (C=O) groups excluding carboxylic acids is 1. The fourth-order valence-electron chi connectivity index (χ4n) is 1.78. The molecule has 0 heterocycles. The first-order valence-corrected chi connectivity index (χ1v) is 5.89. The summed E-state index contributed by atoms with van der Waals surface area (Å²) in [5.74, 6) is -0.389. The van der Waals surface area contributed by atoms with Crippen molar-refractivity contribution in [2.24, 2.45) is 5.73 Å². The van der Waals surface area contributed by atoms with Gasteiger partial charge in [0.1, 0.15) is 0 Å². The maximum absolute atomic E-state index is 11.1. The molecule has 3 N–H and O–H groups in total. The molecule has 0 spiro atoms. The van der Waals surface area contributed by atoms with Crippen molar-refractivity contribution in [2.45, 2.75) is 13.1 Å². The molecule has 0 radical (unpaired) electrons. The molecule has 3 nitrogen and oxygen atoms in total. The number of hydrogen-bond donors (Lipinski definition) is 2. The van der Waals surface area contributed by atoms with Gasteiger partial charge in [-0.25, -0.2) is 0 Å². The van der Waals surface area contributed by atoms with Crippen molar-refractivity contribution in [2.75, 3.05) is 0 Å². The van der Waals surface area contributed by atoms with Crippen molar-refractivity contribution in [1.82, 2.24) is 5.32 Å². The smallest absolute Gasteiger partial charge is 0.248 e. The third-order valence-corrected chi connectivity index (χ3v) is 2.71. The van der Waals surface area contributed by atoms with Crippen LogP contribution in [0.5, 0.6) is 0 Å². The molecule has 0 atom stereocenters. The second-order valence-electron chi connectivity index (χ2n) is 4.15. The van der Waals surface area contributed by atoms with Crippen LogP contribution >= 0.6 is 24.0 Å². The Morgan fingerprint density at radius 2 is 1.58 bits per heavy atom. The molecule has 0 aliphatic rings. The van der Waals surface area contributed by atoms with E-state index in [1.54, 1.807) is 6.07 Å². The van der Waals surface area contributed by atoms with Gasteiger partial charge in [0, 0.05) is 18.7 Å². The number of nitrogens with one attached hydrogen (secondary N) is 1. The average molecular weight is 368 g/mol. The van der Waals surface area contributed by atoms with Gasteiger partial charge in [-0.1, -0.05) is 42.5 Å². The van der Waals surface area contributed by atoms with Crippen molar-refractivity contribution in [3.05, 3.63) is 71.3 Å². The van der Waals surface area contributed by atoms with Crippen LogP contribution in [0.15, 0.2) is 54.6 Å². The summed E-state index contributed by atoms with van der Waals surface area (Å²) in [6.45, 7) is 1.53. The van der Waals surface area contributed by atoms with Gasteiger partial charge in [-0.2, -0.15) is 0 Å². The van der Waals surface area contributed by atoms with Crippen molar-refractivity contribution in [3.8, 4) is 0 Å². The van der Waals surface area contributed by atoms with E-state index < -0.39 is 0 Å². The molecule has 2 aromatic carbocycles. The van der Waals surface area contributed by atoms with Gasteiger partial charge in [0.15, 0.2) is 0 Å². The molecule has 0 fully saturated rings. The number of rotatable bonds is 5. The lowest BCUT2D eigenvalue weighted by atomic mass is 10.1. The van der Waals surface area contributed by atoms with E-state index >= 15 is 0 Å². The summed E-state index contributed by atoms with van der Waals surface area (Å²) in [6, 6.07) is 17.6. The Bertz CT molecular complexity index is 529. The molecule has 0 aromatic heterocycles. The van der Waals surface area contributed by atoms with Crippen LogP contribution in [0.2, 0.25) is 0 Å². The monoisotopic (exact) mass is 368 g/mol. The van der Waals surface area contributed by atoms with Gasteiger partial charge in [0.2, 0.25) is 5.91 Å². The zero-order chi connectivity index (χ0) is 12.8. The van der Waals surface area contributed by atoms with E-state index in [-0.39, 0.29) is 29.9 Å². The second kappa shape index (κ2) is 7.91. The molecule has 0 bridgehead atoms. The quantitative estimate of drug-likeness (QED) is 0.798. The first-order chi connectivity index (χ1) is 8.75. The number of nitrogens with two attached hydrogens (primary N) is 1.